The average Bonchev–Trinajstić information content (AvgIpc) is 2.16. The molecule has 4 nitrogen and oxygen atoms in total. The van der Waals surface area contributed by atoms with Gasteiger partial charge < -0.3 is 5.32 Å². The molecule has 1 atom stereocenters. The van der Waals surface area contributed by atoms with Crippen molar-refractivity contribution in [1.29, 1.82) is 0 Å². The lowest BCUT2D eigenvalue weighted by molar-refractivity contribution is 0.393. The highest BCUT2D eigenvalue weighted by molar-refractivity contribution is 7.89. The molecule has 16 heavy (non-hydrogen) atoms. The molecule has 0 amide bonds. The minimum Gasteiger partial charge on any atom is -0.313 e. The third-order valence-electron chi connectivity index (χ3n) is 2.65. The quantitative estimate of drug-likeness (QED) is 0.706. The van der Waals surface area contributed by atoms with Crippen LogP contribution in [-0.2, 0) is 10.0 Å². The second-order valence-corrected chi connectivity index (χ2v) is 6.91. The standard InChI is InChI=1S/C11H26N2O2S/c1-6-11(4)9-13(5)16(14,15)8-7-12-10(2)3/h10-12H,6-9H2,1-5H3. The lowest BCUT2D eigenvalue weighted by Crippen LogP contribution is -2.37. The van der Waals surface area contributed by atoms with E-state index in [2.05, 4.69) is 19.2 Å². The normalized spacial score (nSPS) is 14.7. The molecular weight excluding hydrogens is 224 g/mol. The first-order valence-corrected chi connectivity index (χ1v) is 7.58. The van der Waals surface area contributed by atoms with Crippen LogP contribution in [0.15, 0.2) is 0 Å². The SMILES string of the molecule is CCC(C)CN(C)S(=O)(=O)CCNC(C)C. The molecule has 0 aliphatic carbocycles. The highest BCUT2D eigenvalue weighted by atomic mass is 32.2. The fourth-order valence-electron chi connectivity index (χ4n) is 1.31. The molecular formula is C11H26N2O2S. The lowest BCUT2D eigenvalue weighted by Gasteiger charge is -2.20. The van der Waals surface area contributed by atoms with Crippen LogP contribution in [0.5, 0.6) is 0 Å². The maximum atomic E-state index is 11.8. The molecule has 5 heteroatoms. The van der Waals surface area contributed by atoms with Gasteiger partial charge in [-0.3, -0.25) is 0 Å². The predicted octanol–water partition coefficient (Wildman–Crippen LogP) is 1.29. The van der Waals surface area contributed by atoms with Crippen molar-refractivity contribution in [2.24, 2.45) is 5.92 Å². The second kappa shape index (κ2) is 7.25. The first-order chi connectivity index (χ1) is 7.29. The van der Waals surface area contributed by atoms with Gasteiger partial charge in [-0.05, 0) is 5.92 Å². The first-order valence-electron chi connectivity index (χ1n) is 5.97. The summed E-state index contributed by atoms with van der Waals surface area (Å²) in [6.07, 6.45) is 1.00. The molecule has 0 spiro atoms. The number of rotatable bonds is 8. The Bertz CT molecular complexity index is 276. The zero-order valence-corrected chi connectivity index (χ0v) is 12.0. The van der Waals surface area contributed by atoms with E-state index in [9.17, 15) is 8.42 Å². The van der Waals surface area contributed by atoms with Crippen molar-refractivity contribution < 1.29 is 8.42 Å². The average molecular weight is 250 g/mol. The Balaban J connectivity index is 4.11. The number of hydrogen-bond acceptors (Lipinski definition) is 3. The van der Waals surface area contributed by atoms with E-state index >= 15 is 0 Å². The summed E-state index contributed by atoms with van der Waals surface area (Å²) in [5.41, 5.74) is 0. The van der Waals surface area contributed by atoms with Crippen LogP contribution in [0.25, 0.3) is 0 Å². The molecule has 0 aromatic heterocycles. The fourth-order valence-corrected chi connectivity index (χ4v) is 2.48. The van der Waals surface area contributed by atoms with E-state index in [-0.39, 0.29) is 5.75 Å². The summed E-state index contributed by atoms with van der Waals surface area (Å²) in [4.78, 5) is 0. The second-order valence-electron chi connectivity index (χ2n) is 4.72. The maximum absolute atomic E-state index is 11.8. The van der Waals surface area contributed by atoms with Gasteiger partial charge in [0.1, 0.15) is 0 Å². The fraction of sp³-hybridized carbons (Fsp3) is 1.00. The van der Waals surface area contributed by atoms with Crippen molar-refractivity contribution >= 4 is 10.0 Å². The molecule has 0 aromatic rings. The Labute approximate surface area is 100 Å². The third kappa shape index (κ3) is 6.45. The van der Waals surface area contributed by atoms with Gasteiger partial charge in [-0.25, -0.2) is 12.7 Å². The van der Waals surface area contributed by atoms with E-state index < -0.39 is 10.0 Å². The van der Waals surface area contributed by atoms with Crippen LogP contribution in [0.1, 0.15) is 34.1 Å². The monoisotopic (exact) mass is 250 g/mol. The van der Waals surface area contributed by atoms with Crippen LogP contribution < -0.4 is 5.32 Å². The van der Waals surface area contributed by atoms with E-state index in [1.165, 1.54) is 4.31 Å². The van der Waals surface area contributed by atoms with Gasteiger partial charge in [-0.1, -0.05) is 34.1 Å². The van der Waals surface area contributed by atoms with Gasteiger partial charge in [-0.2, -0.15) is 0 Å². The summed E-state index contributed by atoms with van der Waals surface area (Å²) < 4.78 is 25.2. The van der Waals surface area contributed by atoms with E-state index in [1.807, 2.05) is 13.8 Å². The molecule has 1 unspecified atom stereocenters. The van der Waals surface area contributed by atoms with Crippen LogP contribution in [0.2, 0.25) is 0 Å². The van der Waals surface area contributed by atoms with E-state index in [0.717, 1.165) is 6.42 Å². The van der Waals surface area contributed by atoms with Crippen molar-refractivity contribution in [2.75, 3.05) is 25.9 Å². The third-order valence-corrected chi connectivity index (χ3v) is 4.47. The highest BCUT2D eigenvalue weighted by Crippen LogP contribution is 2.06. The molecule has 0 aliphatic heterocycles. The van der Waals surface area contributed by atoms with E-state index in [4.69, 9.17) is 0 Å². The summed E-state index contributed by atoms with van der Waals surface area (Å²) in [7, 11) is -1.43. The van der Waals surface area contributed by atoms with Crippen LogP contribution in [0.4, 0.5) is 0 Å². The van der Waals surface area contributed by atoms with E-state index in [1.54, 1.807) is 7.05 Å². The Hall–Kier alpha value is -0.130. The summed E-state index contributed by atoms with van der Waals surface area (Å²) in [5, 5.41) is 3.12. The minimum atomic E-state index is -3.09. The Morgan fingerprint density at radius 1 is 1.25 bits per heavy atom. The summed E-state index contributed by atoms with van der Waals surface area (Å²) >= 11 is 0. The molecule has 0 rings (SSSR count). The maximum Gasteiger partial charge on any atom is 0.215 e. The Kier molecular flexibility index (Phi) is 7.19. The van der Waals surface area contributed by atoms with Crippen LogP contribution in [0.3, 0.4) is 0 Å². The van der Waals surface area contributed by atoms with Gasteiger partial charge in [0.05, 0.1) is 5.75 Å². The van der Waals surface area contributed by atoms with Gasteiger partial charge >= 0.3 is 0 Å². The summed E-state index contributed by atoms with van der Waals surface area (Å²) in [6, 6.07) is 0.329. The van der Waals surface area contributed by atoms with Gasteiger partial charge in [0.25, 0.3) is 0 Å². The van der Waals surface area contributed by atoms with Crippen molar-refractivity contribution in [1.82, 2.24) is 9.62 Å². The molecule has 0 heterocycles. The largest absolute Gasteiger partial charge is 0.313 e. The van der Waals surface area contributed by atoms with Crippen molar-refractivity contribution in [3.8, 4) is 0 Å². The molecule has 98 valence electrons. The van der Waals surface area contributed by atoms with Gasteiger partial charge in [0, 0.05) is 26.2 Å². The Morgan fingerprint density at radius 3 is 2.25 bits per heavy atom. The molecule has 0 saturated heterocycles. The predicted molar refractivity (Wildman–Crippen MR) is 69.0 cm³/mol. The van der Waals surface area contributed by atoms with Crippen molar-refractivity contribution in [3.05, 3.63) is 0 Å². The number of nitrogens with one attached hydrogen (secondary N) is 1. The number of hydrogen-bond donors (Lipinski definition) is 1. The number of sulfonamides is 1. The van der Waals surface area contributed by atoms with Crippen LogP contribution in [0, 0.1) is 5.92 Å². The summed E-state index contributed by atoms with van der Waals surface area (Å²) in [6.45, 7) is 9.29. The molecule has 0 fully saturated rings. The van der Waals surface area contributed by atoms with Crippen molar-refractivity contribution in [3.63, 3.8) is 0 Å². The molecule has 0 saturated carbocycles. The first kappa shape index (κ1) is 15.9. The smallest absolute Gasteiger partial charge is 0.215 e. The van der Waals surface area contributed by atoms with Crippen LogP contribution >= 0.6 is 0 Å². The van der Waals surface area contributed by atoms with Gasteiger partial charge in [0.15, 0.2) is 0 Å². The zero-order chi connectivity index (χ0) is 12.8. The van der Waals surface area contributed by atoms with Crippen molar-refractivity contribution in [2.45, 2.75) is 40.2 Å². The van der Waals surface area contributed by atoms with Crippen LogP contribution in [-0.4, -0.2) is 44.7 Å². The van der Waals surface area contributed by atoms with Gasteiger partial charge in [0.2, 0.25) is 10.0 Å². The zero-order valence-electron chi connectivity index (χ0n) is 11.2. The topological polar surface area (TPSA) is 49.4 Å². The molecule has 1 N–H and O–H groups in total. The minimum absolute atomic E-state index is 0.179. The Morgan fingerprint density at radius 2 is 1.81 bits per heavy atom. The molecule has 0 aliphatic rings. The summed E-state index contributed by atoms with van der Waals surface area (Å²) in [5.74, 6) is 0.593. The molecule has 0 aromatic carbocycles. The van der Waals surface area contributed by atoms with Gasteiger partial charge in [-0.15, -0.1) is 0 Å². The number of nitrogens with zero attached hydrogens (tertiary/aromatic N) is 1. The molecule has 0 radical (unpaired) electrons. The highest BCUT2D eigenvalue weighted by Gasteiger charge is 2.18. The molecule has 0 bridgehead atoms. The van der Waals surface area contributed by atoms with E-state index in [0.29, 0.717) is 25.0 Å². The lowest BCUT2D eigenvalue weighted by atomic mass is 10.1.